The van der Waals surface area contributed by atoms with Crippen LogP contribution in [0.4, 0.5) is 26.3 Å². The Balaban J connectivity index is 2.98. The molecule has 0 saturated carbocycles. The molecular weight excluding hydrogens is 242 g/mol. The predicted molar refractivity (Wildman–Crippen MR) is 39.6 cm³/mol. The van der Waals surface area contributed by atoms with Gasteiger partial charge in [-0.3, -0.25) is 0 Å². The van der Waals surface area contributed by atoms with Gasteiger partial charge in [-0.15, -0.1) is 0 Å². The van der Waals surface area contributed by atoms with Gasteiger partial charge in [-0.1, -0.05) is 0 Å². The summed E-state index contributed by atoms with van der Waals surface area (Å²) in [6.45, 7) is -6.70. The molecule has 0 aromatic heterocycles. The molecular formula is C8H4F6O2. The van der Waals surface area contributed by atoms with Crippen LogP contribution >= 0.6 is 0 Å². The van der Waals surface area contributed by atoms with Crippen LogP contribution in [-0.4, -0.2) is 13.2 Å². The summed E-state index contributed by atoms with van der Waals surface area (Å²) < 4.78 is 79.7. The van der Waals surface area contributed by atoms with Gasteiger partial charge in [0, 0.05) is 0 Å². The Hall–Kier alpha value is -1.60. The van der Waals surface area contributed by atoms with Crippen molar-refractivity contribution in [3.8, 4) is 11.5 Å². The molecule has 0 fully saturated rings. The van der Waals surface area contributed by atoms with Crippen molar-refractivity contribution < 1.29 is 35.8 Å². The van der Waals surface area contributed by atoms with Gasteiger partial charge in [0.05, 0.1) is 0 Å². The van der Waals surface area contributed by atoms with Gasteiger partial charge in [0.2, 0.25) is 11.6 Å². The Morgan fingerprint density at radius 2 is 1.06 bits per heavy atom. The van der Waals surface area contributed by atoms with Gasteiger partial charge in [-0.2, -0.15) is 26.3 Å². The first kappa shape index (κ1) is 12.5. The number of hydrogen-bond acceptors (Lipinski definition) is 2. The van der Waals surface area contributed by atoms with Gasteiger partial charge in [0.15, 0.2) is 11.5 Å². The van der Waals surface area contributed by atoms with Gasteiger partial charge in [-0.05, 0) is 12.1 Å². The summed E-state index contributed by atoms with van der Waals surface area (Å²) in [5.41, 5.74) is 0. The van der Waals surface area contributed by atoms with E-state index in [4.69, 9.17) is 0 Å². The number of ether oxygens (including phenoxy) is 2. The molecule has 2 nitrogen and oxygen atoms in total. The van der Waals surface area contributed by atoms with Crippen molar-refractivity contribution in [3.63, 3.8) is 0 Å². The molecule has 1 rings (SSSR count). The third-order valence-corrected chi connectivity index (χ3v) is 1.44. The van der Waals surface area contributed by atoms with Gasteiger partial charge in [-0.25, -0.2) is 0 Å². The normalized spacial score (nSPS) is 11.0. The van der Waals surface area contributed by atoms with Gasteiger partial charge >= 0.3 is 13.2 Å². The minimum atomic E-state index is -3.35. The summed E-state index contributed by atoms with van der Waals surface area (Å²) in [5.74, 6) is -5.82. The molecule has 0 N–H and O–H groups in total. The van der Waals surface area contributed by atoms with Crippen LogP contribution in [0.1, 0.15) is 0 Å². The highest BCUT2D eigenvalue weighted by Gasteiger charge is 2.19. The molecule has 8 heteroatoms. The largest absolute Gasteiger partial charge is 0.432 e. The van der Waals surface area contributed by atoms with E-state index in [0.717, 1.165) is 0 Å². The highest BCUT2D eigenvalue weighted by molar-refractivity contribution is 5.35. The second-order valence-electron chi connectivity index (χ2n) is 2.45. The number of benzene rings is 1. The van der Waals surface area contributed by atoms with E-state index >= 15 is 0 Å². The smallest absolute Gasteiger partial charge is 0.387 e. The Morgan fingerprint density at radius 1 is 0.750 bits per heavy atom. The minimum absolute atomic E-state index is 0.558. The standard InChI is InChI=1S/C8H4F6O2/c9-5-3(15-7(11)12)1-2-4(6(5)10)16-8(13)14/h1-2,7-8H. The highest BCUT2D eigenvalue weighted by Crippen LogP contribution is 2.29. The van der Waals surface area contributed by atoms with E-state index in [2.05, 4.69) is 9.47 Å². The second kappa shape index (κ2) is 4.95. The topological polar surface area (TPSA) is 18.5 Å². The molecule has 0 amide bonds. The van der Waals surface area contributed by atoms with Crippen molar-refractivity contribution in [3.05, 3.63) is 23.8 Å². The first-order valence-electron chi connectivity index (χ1n) is 3.79. The van der Waals surface area contributed by atoms with Crippen molar-refractivity contribution in [1.82, 2.24) is 0 Å². The van der Waals surface area contributed by atoms with E-state index in [9.17, 15) is 26.3 Å². The van der Waals surface area contributed by atoms with E-state index < -0.39 is 36.4 Å². The van der Waals surface area contributed by atoms with Gasteiger partial charge in [0.25, 0.3) is 0 Å². The molecule has 0 unspecified atom stereocenters. The van der Waals surface area contributed by atoms with Crippen molar-refractivity contribution in [1.29, 1.82) is 0 Å². The van der Waals surface area contributed by atoms with Crippen LogP contribution in [0.5, 0.6) is 11.5 Å². The minimum Gasteiger partial charge on any atom is -0.432 e. The van der Waals surface area contributed by atoms with Crippen molar-refractivity contribution in [2.75, 3.05) is 0 Å². The zero-order valence-electron chi connectivity index (χ0n) is 7.39. The molecule has 0 spiro atoms. The number of rotatable bonds is 4. The maximum Gasteiger partial charge on any atom is 0.387 e. The summed E-state index contributed by atoms with van der Waals surface area (Å²) in [6.07, 6.45) is 0. The molecule has 16 heavy (non-hydrogen) atoms. The third-order valence-electron chi connectivity index (χ3n) is 1.44. The van der Waals surface area contributed by atoms with Crippen LogP contribution in [0.3, 0.4) is 0 Å². The summed E-state index contributed by atoms with van der Waals surface area (Å²) in [4.78, 5) is 0. The maximum absolute atomic E-state index is 12.9. The molecule has 0 aliphatic carbocycles. The van der Waals surface area contributed by atoms with Crippen molar-refractivity contribution in [2.24, 2.45) is 0 Å². The van der Waals surface area contributed by atoms with E-state index in [1.54, 1.807) is 0 Å². The first-order chi connectivity index (χ1) is 7.41. The molecule has 0 aliphatic rings. The molecule has 0 saturated heterocycles. The quantitative estimate of drug-likeness (QED) is 0.759. The fourth-order valence-electron chi connectivity index (χ4n) is 0.888. The zero-order valence-corrected chi connectivity index (χ0v) is 7.39. The lowest BCUT2D eigenvalue weighted by Crippen LogP contribution is -2.08. The van der Waals surface area contributed by atoms with Crippen LogP contribution in [0.2, 0.25) is 0 Å². The molecule has 0 radical (unpaired) electrons. The van der Waals surface area contributed by atoms with E-state index in [0.29, 0.717) is 12.1 Å². The first-order valence-corrected chi connectivity index (χ1v) is 3.79. The van der Waals surface area contributed by atoms with E-state index in [1.807, 2.05) is 0 Å². The second-order valence-corrected chi connectivity index (χ2v) is 2.45. The summed E-state index contributed by atoms with van der Waals surface area (Å²) in [6, 6.07) is 1.12. The Morgan fingerprint density at radius 3 is 1.31 bits per heavy atom. The zero-order chi connectivity index (χ0) is 12.3. The number of alkyl halides is 4. The summed E-state index contributed by atoms with van der Waals surface area (Å²) in [5, 5.41) is 0. The molecule has 90 valence electrons. The van der Waals surface area contributed by atoms with E-state index in [-0.39, 0.29) is 0 Å². The molecule has 0 aliphatic heterocycles. The highest BCUT2D eigenvalue weighted by atomic mass is 19.3. The molecule has 0 atom stereocenters. The van der Waals surface area contributed by atoms with Crippen molar-refractivity contribution in [2.45, 2.75) is 13.2 Å². The fraction of sp³-hybridized carbons (Fsp3) is 0.250. The van der Waals surface area contributed by atoms with Crippen LogP contribution in [0.25, 0.3) is 0 Å². The maximum atomic E-state index is 12.9. The molecule has 0 heterocycles. The molecule has 1 aromatic rings. The SMILES string of the molecule is Fc1c(OC(F)F)ccc(OC(F)F)c1F. The Bertz CT molecular complexity index is 333. The fourth-order valence-corrected chi connectivity index (χ4v) is 0.888. The van der Waals surface area contributed by atoms with Crippen LogP contribution in [0.15, 0.2) is 12.1 Å². The number of halogens is 6. The lowest BCUT2D eigenvalue weighted by molar-refractivity contribution is -0.0570. The van der Waals surface area contributed by atoms with Crippen LogP contribution in [-0.2, 0) is 0 Å². The average Bonchev–Trinajstić information content (AvgIpc) is 2.16. The lowest BCUT2D eigenvalue weighted by atomic mass is 10.3. The van der Waals surface area contributed by atoms with E-state index in [1.165, 1.54) is 0 Å². The molecule has 1 aromatic carbocycles. The van der Waals surface area contributed by atoms with Crippen molar-refractivity contribution >= 4 is 0 Å². The molecule has 0 bridgehead atoms. The van der Waals surface area contributed by atoms with Crippen LogP contribution < -0.4 is 9.47 Å². The van der Waals surface area contributed by atoms with Gasteiger partial charge < -0.3 is 9.47 Å². The average molecular weight is 246 g/mol. The summed E-state index contributed by atoms with van der Waals surface area (Å²) in [7, 11) is 0. The summed E-state index contributed by atoms with van der Waals surface area (Å²) >= 11 is 0. The van der Waals surface area contributed by atoms with Gasteiger partial charge in [0.1, 0.15) is 0 Å². The number of hydrogen-bond donors (Lipinski definition) is 0. The Labute approximate surface area is 85.4 Å². The third kappa shape index (κ3) is 2.94. The predicted octanol–water partition coefficient (Wildman–Crippen LogP) is 3.17. The van der Waals surface area contributed by atoms with Crippen LogP contribution in [0, 0.1) is 11.6 Å². The monoisotopic (exact) mass is 246 g/mol. The Kier molecular flexibility index (Phi) is 3.86. The lowest BCUT2D eigenvalue weighted by Gasteiger charge is -2.09.